The number of aromatic nitrogens is 3. The van der Waals surface area contributed by atoms with Gasteiger partial charge in [0.1, 0.15) is 5.69 Å². The summed E-state index contributed by atoms with van der Waals surface area (Å²) in [4.78, 5) is 7.05. The monoisotopic (exact) mass is 493 g/mol. The van der Waals surface area contributed by atoms with Crippen molar-refractivity contribution in [1.29, 1.82) is 0 Å². The number of rotatable bonds is 6. The van der Waals surface area contributed by atoms with Gasteiger partial charge in [-0.25, -0.2) is 0 Å². The van der Waals surface area contributed by atoms with Crippen LogP contribution in [0.1, 0.15) is 11.3 Å². The molecule has 0 aliphatic rings. The number of halogens is 7. The number of hydrogen-bond acceptors (Lipinski definition) is 4. The molecular weight excluding hydrogens is 484 g/mol. The first-order valence-electron chi connectivity index (χ1n) is 8.27. The number of nitrogens with one attached hydrogen (secondary N) is 1. The molecule has 2 aromatic heterocycles. The van der Waals surface area contributed by atoms with Crippen LogP contribution in [0.2, 0.25) is 10.0 Å². The Morgan fingerprint density at radius 1 is 1.19 bits per heavy atom. The lowest BCUT2D eigenvalue weighted by atomic mass is 10.2. The zero-order valence-electron chi connectivity index (χ0n) is 15.1. The largest absolute Gasteiger partial charge is 0.416 e. The average Bonchev–Trinajstić information content (AvgIpc) is 3.02. The van der Waals surface area contributed by atoms with E-state index < -0.39 is 27.5 Å². The summed E-state index contributed by atoms with van der Waals surface area (Å²) in [6.07, 6.45) is -3.17. The Hall–Kier alpha value is -2.55. The summed E-state index contributed by atoms with van der Waals surface area (Å²) in [6.45, 7) is 7.31. The lowest BCUT2D eigenvalue weighted by Crippen LogP contribution is -2.10. The van der Waals surface area contributed by atoms with Crippen molar-refractivity contribution >= 4 is 46.6 Å². The van der Waals surface area contributed by atoms with Crippen molar-refractivity contribution < 1.29 is 22.0 Å². The van der Waals surface area contributed by atoms with E-state index in [4.69, 9.17) is 29.8 Å². The van der Waals surface area contributed by atoms with Gasteiger partial charge in [-0.3, -0.25) is 4.98 Å². The minimum Gasteiger partial charge on any atom is -0.363 e. The molecule has 0 unspecified atom stereocenters. The molecule has 31 heavy (non-hydrogen) atoms. The highest BCUT2D eigenvalue weighted by Gasteiger charge is 2.34. The van der Waals surface area contributed by atoms with Gasteiger partial charge in [0.15, 0.2) is 5.82 Å². The number of anilines is 1. The first-order valence-corrected chi connectivity index (χ1v) is 9.91. The standard InChI is InChI=1S/C18H10Cl2F5N5S/c1-26-15-14(31-17(21)22)16(28-8-10-4-2-3-5-27-10)30(29-15)13-11(19)6-9(7-12(13)20)18(23,24)25/h2-7,17,28H,8H2. The van der Waals surface area contributed by atoms with Crippen molar-refractivity contribution in [3.63, 3.8) is 0 Å². The van der Waals surface area contributed by atoms with Gasteiger partial charge in [0.25, 0.3) is 5.76 Å². The highest BCUT2D eigenvalue weighted by molar-refractivity contribution is 7.99. The normalized spacial score (nSPS) is 11.6. The Kier molecular flexibility index (Phi) is 6.93. The molecule has 0 amide bonds. The fraction of sp³-hybridized carbons (Fsp3) is 0.167. The molecule has 3 aromatic rings. The van der Waals surface area contributed by atoms with Gasteiger partial charge in [-0.1, -0.05) is 47.6 Å². The van der Waals surface area contributed by atoms with Crippen LogP contribution in [0.5, 0.6) is 0 Å². The molecule has 0 saturated carbocycles. The van der Waals surface area contributed by atoms with Crippen molar-refractivity contribution in [2.24, 2.45) is 0 Å². The minimum atomic E-state index is -4.70. The summed E-state index contributed by atoms with van der Waals surface area (Å²) in [6, 6.07) is 6.35. The summed E-state index contributed by atoms with van der Waals surface area (Å²) in [5.41, 5.74) is -0.739. The molecule has 0 saturated heterocycles. The highest BCUT2D eigenvalue weighted by atomic mass is 35.5. The van der Waals surface area contributed by atoms with Crippen LogP contribution in [0.4, 0.5) is 33.6 Å². The fourth-order valence-electron chi connectivity index (χ4n) is 2.59. The van der Waals surface area contributed by atoms with E-state index in [2.05, 4.69) is 20.2 Å². The third kappa shape index (κ3) is 5.20. The van der Waals surface area contributed by atoms with E-state index in [9.17, 15) is 22.0 Å². The number of benzene rings is 1. The van der Waals surface area contributed by atoms with Crippen molar-refractivity contribution in [2.45, 2.75) is 23.4 Å². The third-order valence-corrected chi connectivity index (χ3v) is 5.22. The second-order valence-corrected chi connectivity index (χ2v) is 7.68. The fourth-order valence-corrected chi connectivity index (χ4v) is 3.88. The predicted molar refractivity (Wildman–Crippen MR) is 108 cm³/mol. The maximum Gasteiger partial charge on any atom is 0.416 e. The maximum absolute atomic E-state index is 13.1. The molecule has 1 N–H and O–H groups in total. The van der Waals surface area contributed by atoms with E-state index in [0.29, 0.717) is 17.8 Å². The summed E-state index contributed by atoms with van der Waals surface area (Å²) < 4.78 is 66.4. The molecule has 13 heteroatoms. The van der Waals surface area contributed by atoms with E-state index in [-0.39, 0.29) is 40.5 Å². The van der Waals surface area contributed by atoms with E-state index in [1.54, 1.807) is 18.2 Å². The molecule has 2 heterocycles. The van der Waals surface area contributed by atoms with Gasteiger partial charge < -0.3 is 10.2 Å². The van der Waals surface area contributed by atoms with Gasteiger partial charge in [0.05, 0.1) is 32.7 Å². The van der Waals surface area contributed by atoms with Gasteiger partial charge in [0, 0.05) is 6.20 Å². The van der Waals surface area contributed by atoms with Crippen molar-refractivity contribution in [2.75, 3.05) is 5.32 Å². The summed E-state index contributed by atoms with van der Waals surface area (Å²) in [7, 11) is 0. The average molecular weight is 494 g/mol. The SMILES string of the molecule is [C-]#[N+]c1nn(-c2c(Cl)cc(C(F)(F)F)cc2Cl)c(NCc2ccccn2)c1SC(F)F. The molecule has 0 fully saturated rings. The molecule has 162 valence electrons. The Morgan fingerprint density at radius 3 is 2.39 bits per heavy atom. The molecule has 1 aromatic carbocycles. The minimum absolute atomic E-state index is 0.0522. The second-order valence-electron chi connectivity index (χ2n) is 5.86. The quantitative estimate of drug-likeness (QED) is 0.226. The zero-order valence-corrected chi connectivity index (χ0v) is 17.4. The van der Waals surface area contributed by atoms with Crippen LogP contribution >= 0.6 is 35.0 Å². The Labute approximate surface area is 187 Å². The molecular formula is C18H10Cl2F5N5S. The van der Waals surface area contributed by atoms with Crippen LogP contribution < -0.4 is 5.32 Å². The summed E-state index contributed by atoms with van der Waals surface area (Å²) >= 11 is 12.2. The maximum atomic E-state index is 13.1. The van der Waals surface area contributed by atoms with Crippen LogP contribution in [0.3, 0.4) is 0 Å². The third-order valence-electron chi connectivity index (χ3n) is 3.86. The second kappa shape index (κ2) is 9.30. The zero-order chi connectivity index (χ0) is 22.8. The van der Waals surface area contributed by atoms with Gasteiger partial charge >= 0.3 is 12.0 Å². The molecule has 3 rings (SSSR count). The van der Waals surface area contributed by atoms with Crippen molar-refractivity contribution in [3.05, 3.63) is 69.2 Å². The Balaban J connectivity index is 2.15. The van der Waals surface area contributed by atoms with Crippen LogP contribution in [0.15, 0.2) is 41.4 Å². The molecule has 0 atom stereocenters. The first-order chi connectivity index (χ1) is 14.6. The molecule has 0 aliphatic heterocycles. The van der Waals surface area contributed by atoms with E-state index in [1.807, 2.05) is 0 Å². The number of pyridine rings is 1. The topological polar surface area (TPSA) is 47.1 Å². The van der Waals surface area contributed by atoms with Gasteiger partial charge in [-0.05, 0) is 29.4 Å². The first kappa shape index (κ1) is 23.1. The molecule has 0 bridgehead atoms. The predicted octanol–water partition coefficient (Wildman–Crippen LogP) is 7.07. The molecule has 0 aliphatic carbocycles. The van der Waals surface area contributed by atoms with E-state index >= 15 is 0 Å². The molecule has 0 spiro atoms. The van der Waals surface area contributed by atoms with Crippen LogP contribution in [-0.4, -0.2) is 20.5 Å². The Morgan fingerprint density at radius 2 is 1.87 bits per heavy atom. The lowest BCUT2D eigenvalue weighted by Gasteiger charge is -2.14. The van der Waals surface area contributed by atoms with E-state index in [0.717, 1.165) is 4.68 Å². The highest BCUT2D eigenvalue weighted by Crippen LogP contribution is 2.44. The van der Waals surface area contributed by atoms with Gasteiger partial charge in [0.2, 0.25) is 0 Å². The van der Waals surface area contributed by atoms with E-state index in [1.165, 1.54) is 6.20 Å². The lowest BCUT2D eigenvalue weighted by molar-refractivity contribution is -0.137. The number of alkyl halides is 5. The van der Waals surface area contributed by atoms with Crippen LogP contribution in [0.25, 0.3) is 10.5 Å². The van der Waals surface area contributed by atoms with Crippen molar-refractivity contribution in [1.82, 2.24) is 14.8 Å². The molecule has 0 radical (unpaired) electrons. The smallest absolute Gasteiger partial charge is 0.363 e. The summed E-state index contributed by atoms with van der Waals surface area (Å²) in [5.74, 6) is -3.35. The number of hydrogen-bond donors (Lipinski definition) is 1. The van der Waals surface area contributed by atoms with Crippen LogP contribution in [-0.2, 0) is 12.7 Å². The van der Waals surface area contributed by atoms with Gasteiger partial charge in [-0.15, -0.1) is 4.68 Å². The van der Waals surface area contributed by atoms with Crippen molar-refractivity contribution in [3.8, 4) is 5.69 Å². The Bertz CT molecular complexity index is 1110. The number of nitrogens with zero attached hydrogens (tertiary/aromatic N) is 4. The summed E-state index contributed by atoms with van der Waals surface area (Å²) in [5, 5.41) is 5.96. The molecule has 5 nitrogen and oxygen atoms in total. The van der Waals surface area contributed by atoms with Gasteiger partial charge in [-0.2, -0.15) is 22.0 Å². The van der Waals surface area contributed by atoms with Crippen LogP contribution in [0, 0.1) is 6.57 Å². The number of thioether (sulfide) groups is 1.